The maximum atomic E-state index is 12.9. The molecule has 0 radical (unpaired) electrons. The summed E-state index contributed by atoms with van der Waals surface area (Å²) < 4.78 is 12.1. The van der Waals surface area contributed by atoms with Crippen molar-refractivity contribution in [2.24, 2.45) is 50.2 Å². The van der Waals surface area contributed by atoms with Crippen molar-refractivity contribution in [3.8, 4) is 0 Å². The Hall–Kier alpha value is -1.03. The van der Waals surface area contributed by atoms with Crippen molar-refractivity contribution in [2.75, 3.05) is 13.2 Å². The molecule has 244 valence electrons. The quantitative estimate of drug-likeness (QED) is 0.286. The Morgan fingerprint density at radius 1 is 0.930 bits per heavy atom. The third-order valence-corrected chi connectivity index (χ3v) is 14.9. The van der Waals surface area contributed by atoms with E-state index in [1.54, 1.807) is 0 Å². The van der Waals surface area contributed by atoms with Gasteiger partial charge in [-0.2, -0.15) is 0 Å². The first-order valence-corrected chi connectivity index (χ1v) is 16.9. The molecule has 5 aliphatic carbocycles. The lowest BCUT2D eigenvalue weighted by atomic mass is 9.33. The van der Waals surface area contributed by atoms with Gasteiger partial charge in [0.25, 0.3) is 0 Å². The molecule has 0 unspecified atom stereocenters. The van der Waals surface area contributed by atoms with Gasteiger partial charge >= 0.3 is 5.97 Å². The molecule has 43 heavy (non-hydrogen) atoms. The number of fused-ring (bicyclic) bond motifs is 7. The predicted molar refractivity (Wildman–Crippen MR) is 161 cm³/mol. The monoisotopic (exact) mass is 604 g/mol. The second kappa shape index (κ2) is 10.2. The van der Waals surface area contributed by atoms with E-state index in [0.29, 0.717) is 12.3 Å². The Bertz CT molecular complexity index is 1150. The molecule has 0 bridgehead atoms. The summed E-state index contributed by atoms with van der Waals surface area (Å²) in [7, 11) is 0. The topological polar surface area (TPSA) is 137 Å². The van der Waals surface area contributed by atoms with E-state index >= 15 is 0 Å². The maximum absolute atomic E-state index is 12.9. The van der Waals surface area contributed by atoms with Crippen LogP contribution in [0.15, 0.2) is 11.6 Å². The molecular weight excluding hydrogens is 548 g/mol. The molecule has 5 N–H and O–H groups in total. The molecule has 13 atom stereocenters. The molecular formula is C35H56O8. The number of rotatable bonds is 5. The zero-order valence-corrected chi connectivity index (χ0v) is 27.1. The molecule has 1 heterocycles. The number of aliphatic hydroxyl groups is 4. The average molecular weight is 605 g/mol. The molecule has 0 aromatic rings. The first-order valence-electron chi connectivity index (χ1n) is 16.9. The van der Waals surface area contributed by atoms with Crippen molar-refractivity contribution in [3.05, 3.63) is 11.6 Å². The standard InChI is InChI=1S/C35H56O8/c1-30(2)13-15-35(29(40)41)16-14-33(5)20(21(35)17-30)7-8-24-31(3)11-10-25(43-28-27(39)26(38)22(18-36)42-28)32(4,19-37)23(31)9-12-34(24,33)6/h7,21-28,36-39H,8-19H2,1-6H3,(H,40,41)/t21-,22-,23+,24+,25-,26-,27+,28-,31-,32-,33+,34+,35-/m0/s1. The van der Waals surface area contributed by atoms with Gasteiger partial charge in [-0.05, 0) is 104 Å². The zero-order valence-electron chi connectivity index (χ0n) is 27.1. The number of hydrogen-bond donors (Lipinski definition) is 5. The molecule has 0 aromatic carbocycles. The number of carboxylic acid groups (broad SMARTS) is 1. The smallest absolute Gasteiger partial charge is 0.310 e. The lowest BCUT2D eigenvalue weighted by Gasteiger charge is -2.71. The van der Waals surface area contributed by atoms with Crippen molar-refractivity contribution in [2.45, 2.75) is 136 Å². The van der Waals surface area contributed by atoms with Crippen LogP contribution in [0, 0.1) is 50.2 Å². The van der Waals surface area contributed by atoms with Crippen molar-refractivity contribution in [1.29, 1.82) is 0 Å². The van der Waals surface area contributed by atoms with Crippen molar-refractivity contribution >= 4 is 5.97 Å². The summed E-state index contributed by atoms with van der Waals surface area (Å²) in [6.07, 6.45) is 6.54. The van der Waals surface area contributed by atoms with Crippen LogP contribution < -0.4 is 0 Å². The van der Waals surface area contributed by atoms with E-state index < -0.39 is 48.0 Å². The summed E-state index contributed by atoms with van der Waals surface area (Å²) in [6, 6.07) is 0. The van der Waals surface area contributed by atoms with Gasteiger partial charge in [0.1, 0.15) is 18.3 Å². The largest absolute Gasteiger partial charge is 0.481 e. The van der Waals surface area contributed by atoms with Crippen LogP contribution in [-0.4, -0.2) is 75.4 Å². The van der Waals surface area contributed by atoms with Crippen LogP contribution in [0.4, 0.5) is 0 Å². The summed E-state index contributed by atoms with van der Waals surface area (Å²) in [6.45, 7) is 13.6. The third-order valence-electron chi connectivity index (χ3n) is 14.9. The zero-order chi connectivity index (χ0) is 31.4. The summed E-state index contributed by atoms with van der Waals surface area (Å²) in [5, 5.41) is 52.0. The number of aliphatic carboxylic acids is 1. The van der Waals surface area contributed by atoms with Crippen LogP contribution >= 0.6 is 0 Å². The minimum Gasteiger partial charge on any atom is -0.481 e. The first-order chi connectivity index (χ1) is 20.0. The van der Waals surface area contributed by atoms with Crippen LogP contribution in [0.25, 0.3) is 0 Å². The molecule has 5 fully saturated rings. The number of carbonyl (C=O) groups is 1. The number of ether oxygens (including phenoxy) is 2. The van der Waals surface area contributed by atoms with Gasteiger partial charge in [0.05, 0.1) is 24.7 Å². The van der Waals surface area contributed by atoms with E-state index in [4.69, 9.17) is 9.47 Å². The normalized spacial score (nSPS) is 54.0. The van der Waals surface area contributed by atoms with Gasteiger partial charge in [-0.3, -0.25) is 4.79 Å². The number of allylic oxidation sites excluding steroid dienone is 2. The van der Waals surface area contributed by atoms with Crippen LogP contribution in [0.5, 0.6) is 0 Å². The van der Waals surface area contributed by atoms with Crippen LogP contribution in [0.1, 0.15) is 106 Å². The molecule has 8 heteroatoms. The molecule has 0 aromatic heterocycles. The van der Waals surface area contributed by atoms with Gasteiger partial charge < -0.3 is 35.0 Å². The van der Waals surface area contributed by atoms with E-state index in [2.05, 4.69) is 47.6 Å². The van der Waals surface area contributed by atoms with Gasteiger partial charge in [0.15, 0.2) is 6.29 Å². The second-order valence-electron chi connectivity index (χ2n) is 17.2. The van der Waals surface area contributed by atoms with E-state index in [-0.39, 0.29) is 46.2 Å². The highest BCUT2D eigenvalue weighted by Crippen LogP contribution is 2.76. The predicted octanol–water partition coefficient (Wildman–Crippen LogP) is 4.67. The molecule has 6 rings (SSSR count). The summed E-state index contributed by atoms with van der Waals surface area (Å²) >= 11 is 0. The molecule has 1 aliphatic heterocycles. The van der Waals surface area contributed by atoms with E-state index in [9.17, 15) is 30.3 Å². The summed E-state index contributed by atoms with van der Waals surface area (Å²) in [4.78, 5) is 12.9. The second-order valence-corrected chi connectivity index (χ2v) is 17.2. The summed E-state index contributed by atoms with van der Waals surface area (Å²) in [5.41, 5.74) is 0.235. The fraction of sp³-hybridized carbons (Fsp3) is 0.914. The highest BCUT2D eigenvalue weighted by atomic mass is 16.7. The van der Waals surface area contributed by atoms with Crippen molar-refractivity contribution in [1.82, 2.24) is 0 Å². The minimum atomic E-state index is -1.25. The van der Waals surface area contributed by atoms with Gasteiger partial charge in [-0.1, -0.05) is 53.2 Å². The Balaban J connectivity index is 1.32. The molecule has 6 aliphatic rings. The van der Waals surface area contributed by atoms with Crippen molar-refractivity contribution < 1.29 is 39.8 Å². The van der Waals surface area contributed by atoms with Crippen LogP contribution in [-0.2, 0) is 14.3 Å². The molecule has 1 saturated heterocycles. The molecule has 0 amide bonds. The summed E-state index contributed by atoms with van der Waals surface area (Å²) in [5.74, 6) is 0.0543. The van der Waals surface area contributed by atoms with Gasteiger partial charge in [0.2, 0.25) is 0 Å². The first kappa shape index (κ1) is 31.9. The Morgan fingerprint density at radius 3 is 2.26 bits per heavy atom. The van der Waals surface area contributed by atoms with E-state index in [1.165, 1.54) is 5.57 Å². The van der Waals surface area contributed by atoms with Crippen molar-refractivity contribution in [3.63, 3.8) is 0 Å². The Kier molecular flexibility index (Phi) is 7.60. The van der Waals surface area contributed by atoms with Gasteiger partial charge in [-0.15, -0.1) is 0 Å². The third kappa shape index (κ3) is 4.25. The lowest BCUT2D eigenvalue weighted by molar-refractivity contribution is -0.268. The highest BCUT2D eigenvalue weighted by Gasteiger charge is 2.70. The van der Waals surface area contributed by atoms with Crippen LogP contribution in [0.3, 0.4) is 0 Å². The SMILES string of the molecule is CC1(C)CC[C@]2(C(=O)O)CC[C@]3(C)C(=CC[C@@H]4[C@@]5(C)CC[C@H](O[C@@H]6O[C@@H](CO)[C@H](O)[C@H]6O)[C@@](C)(CO)[C@@H]5CC[C@]43C)[C@@H]2C1. The fourth-order valence-electron chi connectivity index (χ4n) is 12.0. The highest BCUT2D eigenvalue weighted by molar-refractivity contribution is 5.76. The average Bonchev–Trinajstić information content (AvgIpc) is 3.22. The van der Waals surface area contributed by atoms with E-state index in [0.717, 1.165) is 57.8 Å². The van der Waals surface area contributed by atoms with Crippen LogP contribution in [0.2, 0.25) is 0 Å². The van der Waals surface area contributed by atoms with Gasteiger partial charge in [0, 0.05) is 5.41 Å². The molecule has 4 saturated carbocycles. The number of carboxylic acids is 1. The Labute approximate surface area is 257 Å². The fourth-order valence-corrected chi connectivity index (χ4v) is 12.0. The number of hydrogen-bond acceptors (Lipinski definition) is 7. The Morgan fingerprint density at radius 2 is 1.63 bits per heavy atom. The lowest BCUT2D eigenvalue weighted by Crippen LogP contribution is -2.66. The van der Waals surface area contributed by atoms with E-state index in [1.807, 2.05) is 0 Å². The van der Waals surface area contributed by atoms with Gasteiger partial charge in [-0.25, -0.2) is 0 Å². The molecule has 0 spiro atoms. The number of aliphatic hydroxyl groups excluding tert-OH is 4. The maximum Gasteiger partial charge on any atom is 0.310 e. The molecule has 8 nitrogen and oxygen atoms in total. The minimum absolute atomic E-state index is 0.0157.